The summed E-state index contributed by atoms with van der Waals surface area (Å²) in [6, 6.07) is 11.2. The number of aliphatic imine (C=N–C) groups is 2. The smallest absolute Gasteiger partial charge is 0.211 e. The van der Waals surface area contributed by atoms with E-state index in [-0.39, 0.29) is 0 Å². The zero-order valence-corrected chi connectivity index (χ0v) is 9.88. The van der Waals surface area contributed by atoms with Crippen molar-refractivity contribution in [2.24, 2.45) is 9.98 Å². The van der Waals surface area contributed by atoms with Crippen LogP contribution in [0.2, 0.25) is 0 Å². The van der Waals surface area contributed by atoms with Crippen LogP contribution in [0, 0.1) is 0 Å². The Kier molecular flexibility index (Phi) is 2.66. The van der Waals surface area contributed by atoms with Crippen LogP contribution in [0.1, 0.15) is 11.1 Å². The van der Waals surface area contributed by atoms with E-state index in [0.717, 1.165) is 28.7 Å². The van der Waals surface area contributed by atoms with Crippen LogP contribution in [0.15, 0.2) is 46.4 Å². The number of nitrogens with zero attached hydrogens (tertiary/aromatic N) is 2. The Balaban J connectivity index is 2.10. The monoisotopic (exact) mass is 248 g/mol. The van der Waals surface area contributed by atoms with Crippen molar-refractivity contribution < 1.29 is 9.59 Å². The van der Waals surface area contributed by atoms with Gasteiger partial charge in [0.1, 0.15) is 0 Å². The largest absolute Gasteiger partial charge is 0.240 e. The molecule has 4 nitrogen and oxygen atoms in total. The Morgan fingerprint density at radius 2 is 1.26 bits per heavy atom. The van der Waals surface area contributed by atoms with Gasteiger partial charge in [-0.2, -0.15) is 9.98 Å². The van der Waals surface area contributed by atoms with Crippen molar-refractivity contribution in [3.8, 4) is 11.1 Å². The summed E-state index contributed by atoms with van der Waals surface area (Å²) in [6.07, 6.45) is 3.82. The van der Waals surface area contributed by atoms with Gasteiger partial charge in [-0.3, -0.25) is 0 Å². The van der Waals surface area contributed by atoms with E-state index in [0.29, 0.717) is 11.4 Å². The number of isocyanates is 2. The van der Waals surface area contributed by atoms with Gasteiger partial charge < -0.3 is 0 Å². The van der Waals surface area contributed by atoms with Crippen LogP contribution in [-0.4, -0.2) is 12.2 Å². The minimum absolute atomic E-state index is 0.604. The molecular weight excluding hydrogens is 240 g/mol. The molecule has 3 rings (SSSR count). The van der Waals surface area contributed by atoms with Gasteiger partial charge in [0, 0.05) is 0 Å². The van der Waals surface area contributed by atoms with Crippen LogP contribution >= 0.6 is 0 Å². The van der Waals surface area contributed by atoms with E-state index >= 15 is 0 Å². The molecule has 0 saturated heterocycles. The molecule has 0 heterocycles. The number of hydrogen-bond donors (Lipinski definition) is 0. The maximum absolute atomic E-state index is 10.3. The van der Waals surface area contributed by atoms with Crippen molar-refractivity contribution in [1.82, 2.24) is 0 Å². The van der Waals surface area contributed by atoms with Crippen molar-refractivity contribution in [3.63, 3.8) is 0 Å². The van der Waals surface area contributed by atoms with Crippen LogP contribution in [0.4, 0.5) is 11.4 Å². The first-order valence-corrected chi connectivity index (χ1v) is 5.74. The lowest BCUT2D eigenvalue weighted by Crippen LogP contribution is -1.79. The second-order valence-electron chi connectivity index (χ2n) is 4.27. The topological polar surface area (TPSA) is 58.9 Å². The fourth-order valence-electron chi connectivity index (χ4n) is 2.43. The van der Waals surface area contributed by atoms with Gasteiger partial charge >= 0.3 is 0 Å². The number of benzene rings is 2. The molecule has 0 fully saturated rings. The fraction of sp³-hybridized carbons (Fsp3) is 0.0667. The number of carbonyl (C=O) groups excluding carboxylic acids is 2. The zero-order chi connectivity index (χ0) is 13.2. The summed E-state index contributed by atoms with van der Waals surface area (Å²) >= 11 is 0. The second-order valence-corrected chi connectivity index (χ2v) is 4.27. The Labute approximate surface area is 109 Å². The molecule has 0 spiro atoms. The third-order valence-corrected chi connectivity index (χ3v) is 3.20. The first kappa shape index (κ1) is 11.3. The molecule has 0 radical (unpaired) electrons. The average molecular weight is 248 g/mol. The van der Waals surface area contributed by atoms with E-state index in [9.17, 15) is 9.59 Å². The highest BCUT2D eigenvalue weighted by Gasteiger charge is 2.18. The summed E-state index contributed by atoms with van der Waals surface area (Å²) < 4.78 is 0. The Morgan fingerprint density at radius 1 is 0.789 bits per heavy atom. The molecule has 19 heavy (non-hydrogen) atoms. The molecule has 0 unspecified atom stereocenters. The molecular formula is C15H8N2O2. The van der Waals surface area contributed by atoms with Crippen LogP contribution in [0.5, 0.6) is 0 Å². The van der Waals surface area contributed by atoms with Crippen molar-refractivity contribution >= 4 is 23.5 Å². The molecule has 2 aromatic rings. The minimum Gasteiger partial charge on any atom is -0.211 e. The summed E-state index contributed by atoms with van der Waals surface area (Å²) in [5, 5.41) is 0. The van der Waals surface area contributed by atoms with E-state index in [1.807, 2.05) is 24.3 Å². The van der Waals surface area contributed by atoms with Crippen molar-refractivity contribution in [1.29, 1.82) is 0 Å². The van der Waals surface area contributed by atoms with Crippen LogP contribution in [0.3, 0.4) is 0 Å². The predicted molar refractivity (Wildman–Crippen MR) is 70.2 cm³/mol. The molecule has 1 aliphatic rings. The molecule has 0 saturated carbocycles. The lowest BCUT2D eigenvalue weighted by molar-refractivity contribution is 0.564. The van der Waals surface area contributed by atoms with Gasteiger partial charge in [-0.15, -0.1) is 0 Å². The molecule has 0 aromatic heterocycles. The third kappa shape index (κ3) is 1.91. The van der Waals surface area contributed by atoms with Crippen LogP contribution in [-0.2, 0) is 16.0 Å². The van der Waals surface area contributed by atoms with Gasteiger partial charge in [0.05, 0.1) is 11.4 Å². The summed E-state index contributed by atoms with van der Waals surface area (Å²) in [7, 11) is 0. The molecule has 0 amide bonds. The zero-order valence-electron chi connectivity index (χ0n) is 9.88. The fourth-order valence-corrected chi connectivity index (χ4v) is 2.43. The molecule has 4 heteroatoms. The quantitative estimate of drug-likeness (QED) is 0.516. The predicted octanol–water partition coefficient (Wildman–Crippen LogP) is 3.19. The normalized spacial score (nSPS) is 10.9. The molecule has 0 atom stereocenters. The Bertz CT molecular complexity index is 702. The van der Waals surface area contributed by atoms with Gasteiger partial charge in [-0.05, 0) is 52.9 Å². The summed E-state index contributed by atoms with van der Waals surface area (Å²) in [5.74, 6) is 0. The summed E-state index contributed by atoms with van der Waals surface area (Å²) in [6.45, 7) is 0. The van der Waals surface area contributed by atoms with E-state index in [1.54, 1.807) is 12.1 Å². The highest BCUT2D eigenvalue weighted by molar-refractivity contribution is 5.80. The van der Waals surface area contributed by atoms with Crippen molar-refractivity contribution in [2.45, 2.75) is 6.42 Å². The van der Waals surface area contributed by atoms with Crippen molar-refractivity contribution in [2.75, 3.05) is 0 Å². The van der Waals surface area contributed by atoms with Gasteiger partial charge in [-0.1, -0.05) is 12.1 Å². The molecule has 90 valence electrons. The van der Waals surface area contributed by atoms with E-state index in [1.165, 1.54) is 12.2 Å². The Morgan fingerprint density at radius 3 is 1.68 bits per heavy atom. The highest BCUT2D eigenvalue weighted by Crippen LogP contribution is 2.39. The van der Waals surface area contributed by atoms with Crippen LogP contribution < -0.4 is 0 Å². The van der Waals surface area contributed by atoms with Crippen LogP contribution in [0.25, 0.3) is 11.1 Å². The van der Waals surface area contributed by atoms with Gasteiger partial charge in [0.2, 0.25) is 12.2 Å². The Hall–Kier alpha value is -2.80. The van der Waals surface area contributed by atoms with Crippen molar-refractivity contribution in [3.05, 3.63) is 47.5 Å². The van der Waals surface area contributed by atoms with Gasteiger partial charge in [0.15, 0.2) is 0 Å². The highest BCUT2D eigenvalue weighted by atomic mass is 16.1. The second kappa shape index (κ2) is 4.46. The maximum atomic E-state index is 10.3. The lowest BCUT2D eigenvalue weighted by Gasteiger charge is -2.01. The summed E-state index contributed by atoms with van der Waals surface area (Å²) in [4.78, 5) is 27.8. The standard InChI is InChI=1S/C15H8N2O2/c18-8-16-12-1-3-14-10(6-12)5-11-7-13(17-9-19)2-4-15(11)14/h1-4,6-7H,5H2. The maximum Gasteiger partial charge on any atom is 0.240 e. The number of fused-ring (bicyclic) bond motifs is 3. The van der Waals surface area contributed by atoms with E-state index in [4.69, 9.17) is 0 Å². The van der Waals surface area contributed by atoms with E-state index < -0.39 is 0 Å². The number of hydrogen-bond acceptors (Lipinski definition) is 4. The minimum atomic E-state index is 0.604. The number of rotatable bonds is 2. The molecule has 1 aliphatic carbocycles. The first-order valence-electron chi connectivity index (χ1n) is 5.74. The molecule has 0 bridgehead atoms. The summed E-state index contributed by atoms with van der Waals surface area (Å²) in [5.41, 5.74) is 5.68. The van der Waals surface area contributed by atoms with E-state index in [2.05, 4.69) is 9.98 Å². The first-order chi connectivity index (χ1) is 9.31. The SMILES string of the molecule is O=C=Nc1ccc2c(c1)Cc1cc(N=C=O)ccc1-2. The van der Waals surface area contributed by atoms with Gasteiger partial charge in [0.25, 0.3) is 0 Å². The molecule has 0 aliphatic heterocycles. The molecule has 2 aromatic carbocycles. The molecule has 0 N–H and O–H groups in total. The third-order valence-electron chi connectivity index (χ3n) is 3.20. The average Bonchev–Trinajstić information content (AvgIpc) is 2.76. The lowest BCUT2D eigenvalue weighted by atomic mass is 10.1. The van der Waals surface area contributed by atoms with Gasteiger partial charge in [-0.25, -0.2) is 9.59 Å².